The summed E-state index contributed by atoms with van der Waals surface area (Å²) in [5.74, 6) is 0.228. The molecule has 0 unspecified atom stereocenters. The second-order valence-electron chi connectivity index (χ2n) is 7.34. The lowest BCUT2D eigenvalue weighted by molar-refractivity contribution is -0.137. The molecule has 1 aromatic heterocycles. The molecule has 10 heteroatoms. The third kappa shape index (κ3) is 6.12. The molecule has 0 atom stereocenters. The number of nitrogens with one attached hydrogen (secondary N) is 2. The Kier molecular flexibility index (Phi) is 7.55. The van der Waals surface area contributed by atoms with Crippen molar-refractivity contribution in [2.45, 2.75) is 32.0 Å². The molecular weight excluding hydrogens is 425 g/mol. The van der Waals surface area contributed by atoms with Gasteiger partial charge >= 0.3 is 6.18 Å². The number of carbonyl (C=O) groups is 2. The summed E-state index contributed by atoms with van der Waals surface area (Å²) in [6, 6.07) is 9.10. The summed E-state index contributed by atoms with van der Waals surface area (Å²) in [7, 11) is 0. The van der Waals surface area contributed by atoms with Gasteiger partial charge in [0.1, 0.15) is 11.6 Å². The van der Waals surface area contributed by atoms with E-state index in [1.807, 2.05) is 11.8 Å². The normalized spacial score (nSPS) is 14.7. The molecule has 3 rings (SSSR count). The number of carbonyl (C=O) groups excluding carboxylic acids is 2. The van der Waals surface area contributed by atoms with Crippen molar-refractivity contribution in [1.82, 2.24) is 15.6 Å². The number of para-hydroxylation sites is 1. The average molecular weight is 450 g/mol. The van der Waals surface area contributed by atoms with Gasteiger partial charge in [-0.05, 0) is 44.0 Å². The highest BCUT2D eigenvalue weighted by Crippen LogP contribution is 2.29. The SMILES string of the molecule is CCOc1ccccc1C(=O)NCC(=O)NC1CCN(c2ccc(C(F)(F)F)cn2)CC1. The lowest BCUT2D eigenvalue weighted by Crippen LogP contribution is -2.47. The predicted octanol–water partition coefficient (Wildman–Crippen LogP) is 3.01. The molecule has 0 saturated carbocycles. The van der Waals surface area contributed by atoms with Gasteiger partial charge in [0.15, 0.2) is 0 Å². The van der Waals surface area contributed by atoms with Crippen LogP contribution in [-0.2, 0) is 11.0 Å². The van der Waals surface area contributed by atoms with E-state index in [-0.39, 0.29) is 18.5 Å². The van der Waals surface area contributed by atoms with Crippen LogP contribution in [0.15, 0.2) is 42.6 Å². The number of nitrogens with zero attached hydrogens (tertiary/aromatic N) is 2. The number of amides is 2. The van der Waals surface area contributed by atoms with Crippen LogP contribution in [0.1, 0.15) is 35.7 Å². The summed E-state index contributed by atoms with van der Waals surface area (Å²) < 4.78 is 43.4. The van der Waals surface area contributed by atoms with Crippen LogP contribution in [0.2, 0.25) is 0 Å². The van der Waals surface area contributed by atoms with E-state index in [4.69, 9.17) is 4.74 Å². The van der Waals surface area contributed by atoms with E-state index in [1.165, 1.54) is 6.07 Å². The fourth-order valence-corrected chi connectivity index (χ4v) is 3.46. The molecule has 0 radical (unpaired) electrons. The van der Waals surface area contributed by atoms with Crippen LogP contribution >= 0.6 is 0 Å². The number of piperidine rings is 1. The first-order chi connectivity index (χ1) is 15.3. The van der Waals surface area contributed by atoms with Crippen molar-refractivity contribution < 1.29 is 27.5 Å². The summed E-state index contributed by atoms with van der Waals surface area (Å²) in [5.41, 5.74) is -0.422. The first-order valence-electron chi connectivity index (χ1n) is 10.4. The van der Waals surface area contributed by atoms with Gasteiger partial charge in [-0.15, -0.1) is 0 Å². The van der Waals surface area contributed by atoms with E-state index in [9.17, 15) is 22.8 Å². The number of pyridine rings is 1. The molecule has 2 aromatic rings. The van der Waals surface area contributed by atoms with Gasteiger partial charge in [-0.2, -0.15) is 13.2 Å². The number of aromatic nitrogens is 1. The van der Waals surface area contributed by atoms with E-state index in [1.54, 1.807) is 24.3 Å². The number of halogens is 3. The van der Waals surface area contributed by atoms with E-state index in [2.05, 4.69) is 15.6 Å². The van der Waals surface area contributed by atoms with Crippen LogP contribution in [0.4, 0.5) is 19.0 Å². The highest BCUT2D eigenvalue weighted by atomic mass is 19.4. The van der Waals surface area contributed by atoms with E-state index >= 15 is 0 Å². The highest BCUT2D eigenvalue weighted by molar-refractivity contribution is 5.98. The molecule has 1 fully saturated rings. The van der Waals surface area contributed by atoms with Crippen molar-refractivity contribution in [3.63, 3.8) is 0 Å². The van der Waals surface area contributed by atoms with E-state index < -0.39 is 17.6 Å². The Morgan fingerprint density at radius 1 is 1.16 bits per heavy atom. The van der Waals surface area contributed by atoms with Crippen molar-refractivity contribution in [3.05, 3.63) is 53.7 Å². The Labute approximate surface area is 184 Å². The molecule has 32 heavy (non-hydrogen) atoms. The fourth-order valence-electron chi connectivity index (χ4n) is 3.46. The molecule has 1 saturated heterocycles. The Hall–Kier alpha value is -3.30. The topological polar surface area (TPSA) is 83.6 Å². The van der Waals surface area contributed by atoms with Crippen LogP contribution in [0.5, 0.6) is 5.75 Å². The number of rotatable bonds is 7. The molecule has 1 aromatic carbocycles. The van der Waals surface area contributed by atoms with Gasteiger partial charge in [-0.25, -0.2) is 4.98 Å². The van der Waals surface area contributed by atoms with Gasteiger partial charge in [-0.3, -0.25) is 9.59 Å². The molecule has 7 nitrogen and oxygen atoms in total. The minimum atomic E-state index is -4.41. The molecule has 2 amide bonds. The van der Waals surface area contributed by atoms with Crippen LogP contribution in [0, 0.1) is 0 Å². The van der Waals surface area contributed by atoms with Gasteiger partial charge in [-0.1, -0.05) is 12.1 Å². The maximum Gasteiger partial charge on any atom is 0.417 e. The zero-order valence-corrected chi connectivity index (χ0v) is 17.6. The number of ether oxygens (including phenoxy) is 1. The standard InChI is InChI=1S/C22H25F3N4O3/c1-2-32-18-6-4-3-5-17(18)21(31)27-14-20(30)28-16-9-11-29(12-10-16)19-8-7-15(13-26-19)22(23,24)25/h3-8,13,16H,2,9-12,14H2,1H3,(H,27,31)(H,28,30). The molecule has 1 aliphatic heterocycles. The van der Waals surface area contributed by atoms with Crippen LogP contribution < -0.4 is 20.3 Å². The van der Waals surface area contributed by atoms with Crippen molar-refractivity contribution in [2.75, 3.05) is 31.1 Å². The minimum Gasteiger partial charge on any atom is -0.493 e. The summed E-state index contributed by atoms with van der Waals surface area (Å²) in [4.78, 5) is 30.4. The first-order valence-corrected chi connectivity index (χ1v) is 10.4. The second-order valence-corrected chi connectivity index (χ2v) is 7.34. The smallest absolute Gasteiger partial charge is 0.417 e. The summed E-state index contributed by atoms with van der Waals surface area (Å²) >= 11 is 0. The summed E-state index contributed by atoms with van der Waals surface area (Å²) in [5, 5.41) is 5.48. The Balaban J connectivity index is 1.44. The number of hydrogen-bond donors (Lipinski definition) is 2. The van der Waals surface area contributed by atoms with Gasteiger partial charge in [0, 0.05) is 25.3 Å². The third-order valence-electron chi connectivity index (χ3n) is 5.10. The highest BCUT2D eigenvalue weighted by Gasteiger charge is 2.31. The molecule has 0 spiro atoms. The molecule has 1 aliphatic rings. The molecule has 0 aliphatic carbocycles. The van der Waals surface area contributed by atoms with Gasteiger partial charge < -0.3 is 20.3 Å². The second kappa shape index (κ2) is 10.3. The first kappa shape index (κ1) is 23.4. The van der Waals surface area contributed by atoms with Crippen LogP contribution in [0.3, 0.4) is 0 Å². The largest absolute Gasteiger partial charge is 0.493 e. The van der Waals surface area contributed by atoms with Crippen LogP contribution in [0.25, 0.3) is 0 Å². The summed E-state index contributed by atoms with van der Waals surface area (Å²) in [6.07, 6.45) is -2.34. The zero-order valence-electron chi connectivity index (χ0n) is 17.6. The Bertz CT molecular complexity index is 927. The molecule has 2 N–H and O–H groups in total. The molecular formula is C22H25F3N4O3. The molecule has 2 heterocycles. The number of benzene rings is 1. The Morgan fingerprint density at radius 2 is 1.88 bits per heavy atom. The number of hydrogen-bond acceptors (Lipinski definition) is 5. The van der Waals surface area contributed by atoms with Crippen molar-refractivity contribution >= 4 is 17.6 Å². The minimum absolute atomic E-state index is 0.0826. The van der Waals surface area contributed by atoms with E-state index in [0.29, 0.717) is 49.7 Å². The lowest BCUT2D eigenvalue weighted by Gasteiger charge is -2.33. The average Bonchev–Trinajstić information content (AvgIpc) is 2.78. The van der Waals surface area contributed by atoms with Gasteiger partial charge in [0.25, 0.3) is 5.91 Å². The maximum atomic E-state index is 12.7. The van der Waals surface area contributed by atoms with Crippen molar-refractivity contribution in [3.8, 4) is 5.75 Å². The number of alkyl halides is 3. The molecule has 0 bridgehead atoms. The predicted molar refractivity (Wildman–Crippen MR) is 113 cm³/mol. The maximum absolute atomic E-state index is 12.7. The zero-order chi connectivity index (χ0) is 23.1. The van der Waals surface area contributed by atoms with Crippen molar-refractivity contribution in [2.24, 2.45) is 0 Å². The number of anilines is 1. The van der Waals surface area contributed by atoms with Gasteiger partial charge in [0.2, 0.25) is 5.91 Å². The molecule has 172 valence electrons. The van der Waals surface area contributed by atoms with Crippen molar-refractivity contribution in [1.29, 1.82) is 0 Å². The monoisotopic (exact) mass is 450 g/mol. The lowest BCUT2D eigenvalue weighted by atomic mass is 10.0. The third-order valence-corrected chi connectivity index (χ3v) is 5.10. The van der Waals surface area contributed by atoms with Gasteiger partial charge in [0.05, 0.1) is 24.3 Å². The van der Waals surface area contributed by atoms with E-state index in [0.717, 1.165) is 12.3 Å². The summed E-state index contributed by atoms with van der Waals surface area (Å²) in [6.45, 7) is 3.18. The quantitative estimate of drug-likeness (QED) is 0.678. The van der Waals surface area contributed by atoms with Crippen LogP contribution in [-0.4, -0.2) is 49.1 Å². The fraction of sp³-hybridized carbons (Fsp3) is 0.409. The Morgan fingerprint density at radius 3 is 2.50 bits per heavy atom.